The minimum atomic E-state index is -0.764. The maximum atomic E-state index is 11.2. The van der Waals surface area contributed by atoms with Crippen molar-refractivity contribution in [2.24, 2.45) is 0 Å². The lowest BCUT2D eigenvalue weighted by Crippen LogP contribution is -2.17. The van der Waals surface area contributed by atoms with E-state index in [-0.39, 0.29) is 0 Å². The van der Waals surface area contributed by atoms with Gasteiger partial charge < -0.3 is 10.4 Å². The van der Waals surface area contributed by atoms with Crippen molar-refractivity contribution < 1.29 is 9.90 Å². The van der Waals surface area contributed by atoms with Crippen LogP contribution in [0.2, 0.25) is 0 Å². The SMILES string of the molecule is O=C(O)C1CCCc2sc(NCc3cncs3)nc21. The third-order valence-electron chi connectivity index (χ3n) is 3.15. The van der Waals surface area contributed by atoms with Gasteiger partial charge in [0.2, 0.25) is 0 Å². The van der Waals surface area contributed by atoms with Crippen LogP contribution in [0.1, 0.15) is 34.2 Å². The smallest absolute Gasteiger partial charge is 0.312 e. The Kier molecular flexibility index (Phi) is 3.48. The molecule has 0 amide bonds. The molecule has 2 heterocycles. The Morgan fingerprint density at radius 3 is 3.21 bits per heavy atom. The molecular weight excluding hydrogens is 282 g/mol. The van der Waals surface area contributed by atoms with Crippen molar-refractivity contribution >= 4 is 33.8 Å². The number of aryl methyl sites for hydroxylation is 1. The Morgan fingerprint density at radius 2 is 2.47 bits per heavy atom. The van der Waals surface area contributed by atoms with Crippen molar-refractivity contribution in [3.63, 3.8) is 0 Å². The summed E-state index contributed by atoms with van der Waals surface area (Å²) < 4.78 is 0. The van der Waals surface area contributed by atoms with Crippen LogP contribution in [0.15, 0.2) is 11.7 Å². The zero-order chi connectivity index (χ0) is 13.2. The minimum absolute atomic E-state index is 0.432. The highest BCUT2D eigenvalue weighted by Crippen LogP contribution is 2.36. The van der Waals surface area contributed by atoms with Crippen LogP contribution in [-0.4, -0.2) is 21.0 Å². The highest BCUT2D eigenvalue weighted by molar-refractivity contribution is 7.15. The van der Waals surface area contributed by atoms with Gasteiger partial charge in [0.1, 0.15) is 5.92 Å². The van der Waals surface area contributed by atoms with Crippen LogP contribution >= 0.6 is 22.7 Å². The summed E-state index contributed by atoms with van der Waals surface area (Å²) >= 11 is 3.17. The second-order valence-corrected chi connectivity index (χ2v) is 6.49. The highest BCUT2D eigenvalue weighted by Gasteiger charge is 2.29. The molecule has 5 nitrogen and oxygen atoms in total. The molecule has 1 atom stereocenters. The lowest BCUT2D eigenvalue weighted by Gasteiger charge is -2.16. The third kappa shape index (κ3) is 2.62. The van der Waals surface area contributed by atoms with Gasteiger partial charge in [-0.3, -0.25) is 9.78 Å². The summed E-state index contributed by atoms with van der Waals surface area (Å²) in [5.74, 6) is -1.20. The molecule has 3 rings (SSSR count). The Bertz CT molecular complexity index is 580. The Hall–Kier alpha value is -1.47. The Labute approximate surface area is 118 Å². The van der Waals surface area contributed by atoms with Gasteiger partial charge in [-0.2, -0.15) is 0 Å². The largest absolute Gasteiger partial charge is 0.481 e. The third-order valence-corrected chi connectivity index (χ3v) is 5.02. The van der Waals surface area contributed by atoms with E-state index in [9.17, 15) is 9.90 Å². The van der Waals surface area contributed by atoms with Crippen molar-refractivity contribution in [3.8, 4) is 0 Å². The maximum absolute atomic E-state index is 11.2. The van der Waals surface area contributed by atoms with Crippen molar-refractivity contribution in [3.05, 3.63) is 27.2 Å². The number of carbonyl (C=O) groups is 1. The molecule has 0 bridgehead atoms. The molecule has 0 saturated heterocycles. The number of aromatic nitrogens is 2. The molecule has 1 unspecified atom stereocenters. The molecule has 2 N–H and O–H groups in total. The van der Waals surface area contributed by atoms with Gasteiger partial charge in [-0.1, -0.05) is 0 Å². The lowest BCUT2D eigenvalue weighted by atomic mass is 9.91. The Morgan fingerprint density at radius 1 is 1.58 bits per heavy atom. The van der Waals surface area contributed by atoms with Gasteiger partial charge in [0.15, 0.2) is 5.13 Å². The molecule has 1 aliphatic carbocycles. The number of carboxylic acids is 1. The van der Waals surface area contributed by atoms with Gasteiger partial charge in [-0.05, 0) is 19.3 Å². The van der Waals surface area contributed by atoms with E-state index in [2.05, 4.69) is 15.3 Å². The monoisotopic (exact) mass is 295 g/mol. The van der Waals surface area contributed by atoms with Crippen molar-refractivity contribution in [1.29, 1.82) is 0 Å². The van der Waals surface area contributed by atoms with Gasteiger partial charge in [0.05, 0.1) is 17.7 Å². The first-order chi connectivity index (χ1) is 9.24. The number of anilines is 1. The van der Waals surface area contributed by atoms with Crippen LogP contribution in [-0.2, 0) is 17.8 Å². The summed E-state index contributed by atoms with van der Waals surface area (Å²) in [6.07, 6.45) is 4.39. The van der Waals surface area contributed by atoms with E-state index < -0.39 is 11.9 Å². The summed E-state index contributed by atoms with van der Waals surface area (Å²) in [5, 5.41) is 13.3. The molecule has 100 valence electrons. The number of nitrogens with zero attached hydrogens (tertiary/aromatic N) is 2. The number of carboxylic acid groups (broad SMARTS) is 1. The van der Waals surface area contributed by atoms with Crippen LogP contribution in [0, 0.1) is 0 Å². The minimum Gasteiger partial charge on any atom is -0.481 e. The fourth-order valence-corrected chi connectivity index (χ4v) is 3.82. The average molecular weight is 295 g/mol. The summed E-state index contributed by atoms with van der Waals surface area (Å²) in [4.78, 5) is 21.9. The van der Waals surface area contributed by atoms with Gasteiger partial charge in [0, 0.05) is 16.0 Å². The maximum Gasteiger partial charge on any atom is 0.312 e. The topological polar surface area (TPSA) is 75.1 Å². The van der Waals surface area contributed by atoms with E-state index in [0.29, 0.717) is 13.0 Å². The number of aliphatic carboxylic acids is 1. The first-order valence-electron chi connectivity index (χ1n) is 6.07. The van der Waals surface area contributed by atoms with Gasteiger partial charge in [0.25, 0.3) is 0 Å². The molecule has 0 saturated carbocycles. The highest BCUT2D eigenvalue weighted by atomic mass is 32.1. The van der Waals surface area contributed by atoms with E-state index >= 15 is 0 Å². The first-order valence-corrected chi connectivity index (χ1v) is 7.77. The zero-order valence-electron chi connectivity index (χ0n) is 10.1. The quantitative estimate of drug-likeness (QED) is 0.907. The van der Waals surface area contributed by atoms with E-state index in [4.69, 9.17) is 0 Å². The van der Waals surface area contributed by atoms with E-state index in [1.165, 1.54) is 0 Å². The average Bonchev–Trinajstić information content (AvgIpc) is 3.04. The first kappa shape index (κ1) is 12.6. The number of hydrogen-bond acceptors (Lipinski definition) is 6. The summed E-state index contributed by atoms with van der Waals surface area (Å²) in [6, 6.07) is 0. The second-order valence-electron chi connectivity index (χ2n) is 4.43. The van der Waals surface area contributed by atoms with E-state index in [1.54, 1.807) is 28.2 Å². The summed E-state index contributed by atoms with van der Waals surface area (Å²) in [6.45, 7) is 0.689. The number of hydrogen-bond donors (Lipinski definition) is 2. The molecule has 0 aliphatic heterocycles. The molecule has 19 heavy (non-hydrogen) atoms. The molecular formula is C12H13N3O2S2. The molecule has 0 spiro atoms. The van der Waals surface area contributed by atoms with Crippen LogP contribution < -0.4 is 5.32 Å². The number of thiazole rings is 2. The molecule has 2 aromatic rings. The van der Waals surface area contributed by atoms with E-state index in [0.717, 1.165) is 33.4 Å². The summed E-state index contributed by atoms with van der Waals surface area (Å²) in [5.41, 5.74) is 2.56. The molecule has 1 aliphatic rings. The van der Waals surface area contributed by atoms with Crippen LogP contribution in [0.5, 0.6) is 0 Å². The van der Waals surface area contributed by atoms with Crippen LogP contribution in [0.3, 0.4) is 0 Å². The van der Waals surface area contributed by atoms with Gasteiger partial charge in [-0.15, -0.1) is 22.7 Å². The normalized spacial score (nSPS) is 18.0. The number of nitrogens with one attached hydrogen (secondary N) is 1. The lowest BCUT2D eigenvalue weighted by molar-refractivity contribution is -0.139. The second kappa shape index (κ2) is 5.26. The van der Waals surface area contributed by atoms with Gasteiger partial charge in [-0.25, -0.2) is 4.98 Å². The van der Waals surface area contributed by atoms with Crippen molar-refractivity contribution in [2.75, 3.05) is 5.32 Å². The standard InChI is InChI=1S/C12H13N3O2S2/c16-11(17)8-2-1-3-9-10(8)15-12(19-9)14-5-7-4-13-6-18-7/h4,6,8H,1-3,5H2,(H,14,15)(H,16,17). The summed E-state index contributed by atoms with van der Waals surface area (Å²) in [7, 11) is 0. The molecule has 0 aromatic carbocycles. The molecule has 0 radical (unpaired) electrons. The van der Waals surface area contributed by atoms with Crippen LogP contribution in [0.25, 0.3) is 0 Å². The predicted octanol–water partition coefficient (Wildman–Crippen LogP) is 2.72. The van der Waals surface area contributed by atoms with Crippen molar-refractivity contribution in [1.82, 2.24) is 9.97 Å². The Balaban J connectivity index is 1.76. The zero-order valence-corrected chi connectivity index (χ0v) is 11.8. The molecule has 7 heteroatoms. The number of rotatable bonds is 4. The van der Waals surface area contributed by atoms with E-state index in [1.807, 2.05) is 6.20 Å². The number of fused-ring (bicyclic) bond motifs is 1. The van der Waals surface area contributed by atoms with Gasteiger partial charge >= 0.3 is 5.97 Å². The fourth-order valence-electron chi connectivity index (χ4n) is 2.23. The fraction of sp³-hybridized carbons (Fsp3) is 0.417. The van der Waals surface area contributed by atoms with Crippen LogP contribution in [0.4, 0.5) is 5.13 Å². The molecule has 2 aromatic heterocycles. The predicted molar refractivity (Wildman–Crippen MR) is 74.9 cm³/mol. The van der Waals surface area contributed by atoms with Crippen molar-refractivity contribution in [2.45, 2.75) is 31.7 Å². The molecule has 0 fully saturated rings.